The van der Waals surface area contributed by atoms with E-state index in [1.54, 1.807) is 18.0 Å². The number of rotatable bonds is 5. The van der Waals surface area contributed by atoms with Crippen LogP contribution in [0.5, 0.6) is 0 Å². The van der Waals surface area contributed by atoms with Crippen molar-refractivity contribution in [2.75, 3.05) is 55.5 Å². The molecule has 0 bridgehead atoms. The molecule has 0 saturated carbocycles. The van der Waals surface area contributed by atoms with E-state index in [1.807, 2.05) is 11.8 Å². The molecule has 0 radical (unpaired) electrons. The molecule has 4 heterocycles. The molecule has 0 aromatic carbocycles. The Morgan fingerprint density at radius 2 is 2.11 bits per heavy atom. The Hall–Kier alpha value is -3.13. The lowest BCUT2D eigenvalue weighted by molar-refractivity contribution is -0.137. The molecule has 0 aliphatic carbocycles. The van der Waals surface area contributed by atoms with Gasteiger partial charge >= 0.3 is 0 Å². The van der Waals surface area contributed by atoms with E-state index in [9.17, 15) is 18.7 Å². The van der Waals surface area contributed by atoms with Crippen LogP contribution in [-0.2, 0) is 21.0 Å². The van der Waals surface area contributed by atoms with Crippen LogP contribution in [0.25, 0.3) is 0 Å². The summed E-state index contributed by atoms with van der Waals surface area (Å²) in [4.78, 5) is 32.6. The zero-order valence-corrected chi connectivity index (χ0v) is 22.0. The lowest BCUT2D eigenvalue weighted by Gasteiger charge is -2.46. The van der Waals surface area contributed by atoms with Crippen molar-refractivity contribution in [2.24, 2.45) is 4.99 Å². The quantitative estimate of drug-likeness (QED) is 0.257. The molecule has 0 spiro atoms. The molecule has 9 nitrogen and oxygen atoms in total. The Morgan fingerprint density at radius 1 is 1.39 bits per heavy atom. The molecular weight excluding hydrogens is 481 g/mol. The summed E-state index contributed by atoms with van der Waals surface area (Å²) in [5, 5.41) is 9.35. The molecule has 2 saturated heterocycles. The van der Waals surface area contributed by atoms with E-state index in [2.05, 4.69) is 46.4 Å². The van der Waals surface area contributed by atoms with Gasteiger partial charge in [-0.25, -0.2) is 14.4 Å². The van der Waals surface area contributed by atoms with Crippen LogP contribution >= 0.6 is 0 Å². The topological polar surface area (TPSA) is 106 Å². The number of nitriles is 1. The maximum atomic E-state index is 13.8. The summed E-state index contributed by atoms with van der Waals surface area (Å²) in [5.74, 6) is 2.17. The molecule has 192 valence electrons. The maximum absolute atomic E-state index is 13.8. The van der Waals surface area contributed by atoms with Gasteiger partial charge in [0.25, 0.3) is 0 Å². The predicted molar refractivity (Wildman–Crippen MR) is 139 cm³/mol. The molecule has 1 amide bonds. The first-order valence-electron chi connectivity index (χ1n) is 12.0. The molecule has 1 aromatic rings. The number of fused-ring (bicyclic) bond motifs is 1. The van der Waals surface area contributed by atoms with Crippen molar-refractivity contribution in [3.05, 3.63) is 36.2 Å². The number of piperazine rings is 1. The van der Waals surface area contributed by atoms with Crippen LogP contribution in [0.2, 0.25) is 0 Å². The van der Waals surface area contributed by atoms with E-state index in [-0.39, 0.29) is 17.4 Å². The van der Waals surface area contributed by atoms with E-state index in [0.29, 0.717) is 49.8 Å². The smallest absolute Gasteiger partial charge is 0.244 e. The highest BCUT2D eigenvalue weighted by atomic mass is 32.2. The molecule has 4 rings (SSSR count). The molecule has 36 heavy (non-hydrogen) atoms. The minimum Gasteiger partial charge on any atom is -0.352 e. The van der Waals surface area contributed by atoms with Gasteiger partial charge < -0.3 is 14.7 Å². The number of nitrogens with zero attached hydrogens (tertiary/aromatic N) is 7. The van der Waals surface area contributed by atoms with Gasteiger partial charge in [-0.1, -0.05) is 26.5 Å². The fourth-order valence-electron chi connectivity index (χ4n) is 5.23. The van der Waals surface area contributed by atoms with Crippen LogP contribution in [0.4, 0.5) is 16.0 Å². The van der Waals surface area contributed by atoms with E-state index in [0.717, 1.165) is 17.2 Å². The largest absolute Gasteiger partial charge is 0.352 e. The SMILES string of the molecule is C=C/C(C#N)=C\C(=NC)N1CC(C)(C)c2c(N3CCN(C(=O)C4(CF)CCS4=O)C(C)C3)ncnc21. The first-order valence-corrected chi connectivity index (χ1v) is 13.3. The molecular formula is C25H32FN7O2S. The molecule has 3 unspecified atom stereocenters. The standard InChI is InChI=1S/C25H32FN7O2S/c1-6-18(12-27)11-19(28-5)33-15-24(3,4)20-21(29-16-30-22(20)33)31-8-9-32(17(2)13-31)23(34)25(14-26)7-10-36(25)35/h6,11,16-17H,1,7-10,13-15H2,2-5H3/b18-11+,28-19?. The van der Waals surface area contributed by atoms with E-state index in [1.165, 1.54) is 12.4 Å². The summed E-state index contributed by atoms with van der Waals surface area (Å²) in [7, 11) is 0.221. The molecule has 3 aliphatic heterocycles. The summed E-state index contributed by atoms with van der Waals surface area (Å²) in [6.45, 7) is 11.0. The average Bonchev–Trinajstić information content (AvgIpc) is 3.15. The van der Waals surface area contributed by atoms with Crippen molar-refractivity contribution < 1.29 is 13.4 Å². The number of hydrogen-bond donors (Lipinski definition) is 0. The van der Waals surface area contributed by atoms with Crippen LogP contribution in [0.15, 0.2) is 35.6 Å². The number of carbonyl (C=O) groups excluding carboxylic acids is 1. The highest BCUT2D eigenvalue weighted by Crippen LogP contribution is 2.44. The second-order valence-electron chi connectivity index (χ2n) is 10.1. The Labute approximate surface area is 213 Å². The molecule has 0 N–H and O–H groups in total. The third-order valence-electron chi connectivity index (χ3n) is 7.35. The normalized spacial score (nSPS) is 27.8. The van der Waals surface area contributed by atoms with Crippen LogP contribution < -0.4 is 9.80 Å². The summed E-state index contributed by atoms with van der Waals surface area (Å²) in [6, 6.07) is 1.92. The van der Waals surface area contributed by atoms with Gasteiger partial charge in [0.05, 0.1) is 11.6 Å². The van der Waals surface area contributed by atoms with Gasteiger partial charge in [0.2, 0.25) is 5.91 Å². The van der Waals surface area contributed by atoms with Crippen molar-refractivity contribution in [3.63, 3.8) is 0 Å². The lowest BCUT2D eigenvalue weighted by atomic mass is 9.87. The van der Waals surface area contributed by atoms with Crippen molar-refractivity contribution >= 4 is 34.2 Å². The first-order chi connectivity index (χ1) is 17.1. The summed E-state index contributed by atoms with van der Waals surface area (Å²) in [6.07, 6.45) is 5.04. The van der Waals surface area contributed by atoms with Crippen LogP contribution in [-0.4, -0.2) is 87.3 Å². The number of aromatic nitrogens is 2. The van der Waals surface area contributed by atoms with Gasteiger partial charge in [-0.3, -0.25) is 14.0 Å². The number of amides is 1. The summed E-state index contributed by atoms with van der Waals surface area (Å²) >= 11 is 0. The van der Waals surface area contributed by atoms with Crippen molar-refractivity contribution in [1.82, 2.24) is 14.9 Å². The van der Waals surface area contributed by atoms with Crippen molar-refractivity contribution in [2.45, 2.75) is 43.4 Å². The highest BCUT2D eigenvalue weighted by Gasteiger charge is 2.54. The maximum Gasteiger partial charge on any atom is 0.244 e. The molecule has 2 fully saturated rings. The number of carbonyl (C=O) groups is 1. The predicted octanol–water partition coefficient (Wildman–Crippen LogP) is 2.14. The Bertz CT molecular complexity index is 1200. The number of hydrogen-bond acceptors (Lipinski definition) is 7. The number of alkyl halides is 1. The van der Waals surface area contributed by atoms with Gasteiger partial charge in [-0.15, -0.1) is 0 Å². The van der Waals surface area contributed by atoms with Gasteiger partial charge in [0, 0.05) is 66.8 Å². The average molecular weight is 514 g/mol. The molecule has 1 aromatic heterocycles. The van der Waals surface area contributed by atoms with Crippen molar-refractivity contribution in [3.8, 4) is 6.07 Å². The number of amidine groups is 1. The number of allylic oxidation sites excluding steroid dienone is 2. The second kappa shape index (κ2) is 9.73. The van der Waals surface area contributed by atoms with Crippen LogP contribution in [0.3, 0.4) is 0 Å². The molecule has 3 aliphatic rings. The third kappa shape index (κ3) is 4.11. The zero-order valence-electron chi connectivity index (χ0n) is 21.2. The number of anilines is 2. The van der Waals surface area contributed by atoms with Gasteiger partial charge in [-0.2, -0.15) is 5.26 Å². The van der Waals surface area contributed by atoms with Gasteiger partial charge in [-0.05, 0) is 19.4 Å². The number of aliphatic imine (C=N–C) groups is 1. The second-order valence-corrected chi connectivity index (χ2v) is 12.0. The first kappa shape index (κ1) is 25.9. The van der Waals surface area contributed by atoms with Crippen LogP contribution in [0.1, 0.15) is 32.8 Å². The minimum atomic E-state index is -1.45. The molecule has 3 atom stereocenters. The monoisotopic (exact) mass is 513 g/mol. The Morgan fingerprint density at radius 3 is 2.64 bits per heavy atom. The fourth-order valence-corrected chi connectivity index (χ4v) is 6.53. The van der Waals surface area contributed by atoms with Gasteiger partial charge in [0.1, 0.15) is 30.5 Å². The summed E-state index contributed by atoms with van der Waals surface area (Å²) < 4.78 is 24.7. The van der Waals surface area contributed by atoms with Gasteiger partial charge in [0.15, 0.2) is 4.75 Å². The lowest BCUT2D eigenvalue weighted by Crippen LogP contribution is -2.65. The number of halogens is 1. The minimum absolute atomic E-state index is 0.194. The third-order valence-corrected chi connectivity index (χ3v) is 9.29. The molecule has 11 heteroatoms. The highest BCUT2D eigenvalue weighted by molar-refractivity contribution is 7.88. The van der Waals surface area contributed by atoms with E-state index < -0.39 is 22.2 Å². The summed E-state index contributed by atoms with van der Waals surface area (Å²) in [5.41, 5.74) is 1.07. The van der Waals surface area contributed by atoms with Crippen LogP contribution in [0, 0.1) is 11.3 Å². The Balaban J connectivity index is 1.62. The fraction of sp³-hybridized carbons (Fsp3) is 0.560. The van der Waals surface area contributed by atoms with E-state index in [4.69, 9.17) is 0 Å². The Kier molecular flexibility index (Phi) is 7.01. The van der Waals surface area contributed by atoms with E-state index >= 15 is 0 Å². The zero-order chi connectivity index (χ0) is 26.3. The van der Waals surface area contributed by atoms with Crippen molar-refractivity contribution in [1.29, 1.82) is 5.26 Å².